The molecule has 1 aromatic carbocycles. The van der Waals surface area contributed by atoms with Gasteiger partial charge in [0.25, 0.3) is 0 Å². The second-order valence-electron chi connectivity index (χ2n) is 5.59. The molecule has 0 spiro atoms. The highest BCUT2D eigenvalue weighted by molar-refractivity contribution is 5.74. The van der Waals surface area contributed by atoms with E-state index in [0.29, 0.717) is 19.1 Å². The van der Waals surface area contributed by atoms with E-state index in [1.165, 1.54) is 0 Å². The molecule has 2 unspecified atom stereocenters. The average Bonchev–Trinajstić information content (AvgIpc) is 2.58. The van der Waals surface area contributed by atoms with E-state index in [9.17, 15) is 4.79 Å². The maximum absolute atomic E-state index is 11.9. The van der Waals surface area contributed by atoms with Crippen molar-refractivity contribution in [3.63, 3.8) is 0 Å². The summed E-state index contributed by atoms with van der Waals surface area (Å²) in [5, 5.41) is 0. The molecule has 0 fully saturated rings. The quantitative estimate of drug-likeness (QED) is 0.571. The monoisotopic (exact) mass is 304 g/mol. The third-order valence-corrected chi connectivity index (χ3v) is 3.81. The number of ether oxygens (including phenoxy) is 3. The smallest absolute Gasteiger partial charge is 0.334 e. The first-order valence-electron chi connectivity index (χ1n) is 7.75. The predicted octanol–water partition coefficient (Wildman–Crippen LogP) is 3.50. The van der Waals surface area contributed by atoms with Crippen LogP contribution in [-0.4, -0.2) is 25.8 Å². The summed E-state index contributed by atoms with van der Waals surface area (Å²) in [7, 11) is 1.63. The van der Waals surface area contributed by atoms with Gasteiger partial charge in [0.1, 0.15) is 5.75 Å². The largest absolute Gasteiger partial charge is 0.497 e. The molecule has 2 rings (SSSR count). The van der Waals surface area contributed by atoms with Gasteiger partial charge in [-0.3, -0.25) is 0 Å². The lowest BCUT2D eigenvalue weighted by Gasteiger charge is -2.19. The zero-order chi connectivity index (χ0) is 15.8. The van der Waals surface area contributed by atoms with Gasteiger partial charge in [0, 0.05) is 0 Å². The Bertz CT molecular complexity index is 510. The summed E-state index contributed by atoms with van der Waals surface area (Å²) in [6, 6.07) is 7.61. The maximum atomic E-state index is 11.9. The second-order valence-corrected chi connectivity index (χ2v) is 5.59. The lowest BCUT2D eigenvalue weighted by atomic mass is 9.95. The third kappa shape index (κ3) is 5.19. The van der Waals surface area contributed by atoms with Gasteiger partial charge in [0.05, 0.1) is 20.3 Å². The molecule has 0 aliphatic heterocycles. The van der Waals surface area contributed by atoms with Gasteiger partial charge in [-0.15, -0.1) is 0 Å². The Kier molecular flexibility index (Phi) is 6.46. The predicted molar refractivity (Wildman–Crippen MR) is 84.7 cm³/mol. The van der Waals surface area contributed by atoms with Crippen molar-refractivity contribution in [1.82, 2.24) is 0 Å². The van der Waals surface area contributed by atoms with Gasteiger partial charge in [-0.25, -0.2) is 4.79 Å². The van der Waals surface area contributed by atoms with Crippen LogP contribution in [0.4, 0.5) is 0 Å². The molecule has 0 amide bonds. The fraction of sp³-hybridized carbons (Fsp3) is 0.500. The van der Waals surface area contributed by atoms with Crippen molar-refractivity contribution < 1.29 is 19.0 Å². The van der Waals surface area contributed by atoms with Crippen LogP contribution in [0.1, 0.15) is 31.7 Å². The molecule has 1 aliphatic carbocycles. The standard InChI is InChI=1S/C18H24O4/c1-14(18(19)22-12-15-7-4-3-5-8-15)21-13-16-9-6-10-17(11-16)20-2/h3-4,6,9-11,14-15H,5,7-8,12-13H2,1-2H3. The number of methoxy groups -OCH3 is 1. The summed E-state index contributed by atoms with van der Waals surface area (Å²) >= 11 is 0. The topological polar surface area (TPSA) is 44.8 Å². The molecule has 120 valence electrons. The van der Waals surface area contributed by atoms with Gasteiger partial charge in [0.2, 0.25) is 0 Å². The van der Waals surface area contributed by atoms with Crippen LogP contribution in [0.25, 0.3) is 0 Å². The van der Waals surface area contributed by atoms with Crippen LogP contribution in [0.2, 0.25) is 0 Å². The van der Waals surface area contributed by atoms with Crippen molar-refractivity contribution in [3.05, 3.63) is 42.0 Å². The van der Waals surface area contributed by atoms with Gasteiger partial charge >= 0.3 is 5.97 Å². The van der Waals surface area contributed by atoms with E-state index in [4.69, 9.17) is 14.2 Å². The van der Waals surface area contributed by atoms with Crippen LogP contribution in [0.3, 0.4) is 0 Å². The summed E-state index contributed by atoms with van der Waals surface area (Å²) in [5.74, 6) is 0.929. The van der Waals surface area contributed by atoms with E-state index in [2.05, 4.69) is 12.2 Å². The average molecular weight is 304 g/mol. The van der Waals surface area contributed by atoms with E-state index in [-0.39, 0.29) is 5.97 Å². The SMILES string of the molecule is COc1cccc(COC(C)C(=O)OCC2CC=CCC2)c1. The first-order valence-corrected chi connectivity index (χ1v) is 7.75. The molecule has 0 radical (unpaired) electrons. The lowest BCUT2D eigenvalue weighted by molar-refractivity contribution is -0.158. The first kappa shape index (κ1) is 16.6. The molecule has 1 aliphatic rings. The van der Waals surface area contributed by atoms with Crippen molar-refractivity contribution >= 4 is 5.97 Å². The number of hydrogen-bond donors (Lipinski definition) is 0. The van der Waals surface area contributed by atoms with E-state index >= 15 is 0 Å². The van der Waals surface area contributed by atoms with Crippen molar-refractivity contribution in [1.29, 1.82) is 0 Å². The van der Waals surface area contributed by atoms with Gasteiger partial charge < -0.3 is 14.2 Å². The lowest BCUT2D eigenvalue weighted by Crippen LogP contribution is -2.25. The van der Waals surface area contributed by atoms with Gasteiger partial charge in [-0.05, 0) is 49.8 Å². The molecule has 0 saturated heterocycles. The molecule has 2 atom stereocenters. The van der Waals surface area contributed by atoms with Crippen LogP contribution >= 0.6 is 0 Å². The first-order chi connectivity index (χ1) is 10.7. The minimum absolute atomic E-state index is 0.294. The number of carbonyl (C=O) groups excluding carboxylic acids is 1. The highest BCUT2D eigenvalue weighted by atomic mass is 16.6. The zero-order valence-corrected chi connectivity index (χ0v) is 13.3. The van der Waals surface area contributed by atoms with E-state index in [0.717, 1.165) is 30.6 Å². The highest BCUT2D eigenvalue weighted by Gasteiger charge is 2.18. The van der Waals surface area contributed by atoms with Gasteiger partial charge in [0.15, 0.2) is 6.10 Å². The maximum Gasteiger partial charge on any atom is 0.334 e. The normalized spacial score (nSPS) is 18.7. The third-order valence-electron chi connectivity index (χ3n) is 3.81. The van der Waals surface area contributed by atoms with E-state index in [1.54, 1.807) is 14.0 Å². The van der Waals surface area contributed by atoms with E-state index in [1.807, 2.05) is 24.3 Å². The van der Waals surface area contributed by atoms with Crippen LogP contribution in [0, 0.1) is 5.92 Å². The van der Waals surface area contributed by atoms with Crippen molar-refractivity contribution in [2.45, 2.75) is 38.9 Å². The summed E-state index contributed by atoms with van der Waals surface area (Å²) in [6.45, 7) is 2.57. The summed E-state index contributed by atoms with van der Waals surface area (Å²) in [4.78, 5) is 11.9. The van der Waals surface area contributed by atoms with E-state index < -0.39 is 6.10 Å². The minimum atomic E-state index is -0.565. The Balaban J connectivity index is 1.72. The molecule has 0 saturated carbocycles. The Morgan fingerprint density at radius 2 is 2.23 bits per heavy atom. The van der Waals surface area contributed by atoms with Crippen molar-refractivity contribution in [2.24, 2.45) is 5.92 Å². The number of esters is 1. The van der Waals surface area contributed by atoms with Gasteiger partial charge in [-0.2, -0.15) is 0 Å². The number of hydrogen-bond acceptors (Lipinski definition) is 4. The molecule has 0 bridgehead atoms. The molecule has 4 heteroatoms. The van der Waals surface area contributed by atoms with Crippen molar-refractivity contribution in [3.8, 4) is 5.75 Å². The second kappa shape index (κ2) is 8.59. The molecule has 4 nitrogen and oxygen atoms in total. The number of rotatable bonds is 7. The molecule has 22 heavy (non-hydrogen) atoms. The number of carbonyl (C=O) groups is 1. The van der Waals surface area contributed by atoms with Crippen LogP contribution in [0.15, 0.2) is 36.4 Å². The fourth-order valence-corrected chi connectivity index (χ4v) is 2.38. The molecule has 1 aromatic rings. The van der Waals surface area contributed by atoms with Gasteiger partial charge in [-0.1, -0.05) is 24.3 Å². The Morgan fingerprint density at radius 3 is 2.95 bits per heavy atom. The van der Waals surface area contributed by atoms with Crippen molar-refractivity contribution in [2.75, 3.05) is 13.7 Å². The van der Waals surface area contributed by atoms with Crippen LogP contribution < -0.4 is 4.74 Å². The summed E-state index contributed by atoms with van der Waals surface area (Å²) in [6.07, 6.45) is 6.92. The Morgan fingerprint density at radius 1 is 1.36 bits per heavy atom. The van der Waals surface area contributed by atoms with Crippen LogP contribution in [0.5, 0.6) is 5.75 Å². The minimum Gasteiger partial charge on any atom is -0.497 e. The summed E-state index contributed by atoms with van der Waals surface area (Å²) < 4.78 is 16.1. The molecule has 0 aromatic heterocycles. The Labute approximate surface area is 132 Å². The van der Waals surface area contributed by atoms with Crippen LogP contribution in [-0.2, 0) is 20.9 Å². The highest BCUT2D eigenvalue weighted by Crippen LogP contribution is 2.19. The zero-order valence-electron chi connectivity index (χ0n) is 13.3. The molecule has 0 N–H and O–H groups in total. The molecule has 0 heterocycles. The Hall–Kier alpha value is -1.81. The number of benzene rings is 1. The fourth-order valence-electron chi connectivity index (χ4n) is 2.38. The molecular formula is C18H24O4. The summed E-state index contributed by atoms with van der Waals surface area (Å²) in [5.41, 5.74) is 0.969. The molecular weight excluding hydrogens is 280 g/mol. The number of allylic oxidation sites excluding steroid dienone is 2.